The molecule has 0 aromatic rings. The summed E-state index contributed by atoms with van der Waals surface area (Å²) in [5.74, 6) is 3.07. The van der Waals surface area contributed by atoms with E-state index >= 15 is 0 Å². The maximum atomic E-state index is 2.65. The van der Waals surface area contributed by atoms with Crippen molar-refractivity contribution < 1.29 is 0 Å². The van der Waals surface area contributed by atoms with Gasteiger partial charge in [0.15, 0.2) is 0 Å². The van der Waals surface area contributed by atoms with Gasteiger partial charge >= 0.3 is 0 Å². The fourth-order valence-electron chi connectivity index (χ4n) is 3.26. The Kier molecular flexibility index (Phi) is 5.34. The third-order valence-corrected chi connectivity index (χ3v) is 4.91. The van der Waals surface area contributed by atoms with Crippen molar-refractivity contribution in [3.63, 3.8) is 0 Å². The quantitative estimate of drug-likeness (QED) is 0.607. The maximum Gasteiger partial charge on any atom is -0.00183 e. The van der Waals surface area contributed by atoms with Gasteiger partial charge in [-0.25, -0.2) is 0 Å². The Morgan fingerprint density at radius 1 is 1.00 bits per heavy atom. The molecule has 0 radical (unpaired) electrons. The maximum absolute atomic E-state index is 2.65. The van der Waals surface area contributed by atoms with E-state index in [0.717, 1.165) is 17.8 Å². The number of nitrogens with zero attached hydrogens (tertiary/aromatic N) is 1. The SMILES string of the molecule is CC(CCCN1CCCC1)CCC(C)C1CC1. The van der Waals surface area contributed by atoms with Gasteiger partial charge in [0.1, 0.15) is 0 Å². The van der Waals surface area contributed by atoms with Crippen molar-refractivity contribution >= 4 is 0 Å². The van der Waals surface area contributed by atoms with Crippen LogP contribution in [0.25, 0.3) is 0 Å². The zero-order valence-corrected chi connectivity index (χ0v) is 12.0. The fraction of sp³-hybridized carbons (Fsp3) is 1.00. The molecule has 17 heavy (non-hydrogen) atoms. The third-order valence-electron chi connectivity index (χ3n) is 4.91. The van der Waals surface area contributed by atoms with Gasteiger partial charge in [-0.05, 0) is 75.9 Å². The van der Waals surface area contributed by atoms with Crippen LogP contribution in [-0.4, -0.2) is 24.5 Å². The molecule has 2 atom stereocenters. The van der Waals surface area contributed by atoms with E-state index in [1.165, 1.54) is 71.0 Å². The minimum absolute atomic E-state index is 0.957. The second kappa shape index (κ2) is 6.78. The zero-order chi connectivity index (χ0) is 12.1. The van der Waals surface area contributed by atoms with Gasteiger partial charge in [-0.2, -0.15) is 0 Å². The highest BCUT2D eigenvalue weighted by Gasteiger charge is 2.27. The van der Waals surface area contributed by atoms with E-state index in [1.807, 2.05) is 0 Å². The average molecular weight is 237 g/mol. The Balaban J connectivity index is 1.46. The molecule has 0 amide bonds. The first-order valence-electron chi connectivity index (χ1n) is 7.98. The van der Waals surface area contributed by atoms with Crippen LogP contribution < -0.4 is 0 Å². The van der Waals surface area contributed by atoms with Gasteiger partial charge in [0.25, 0.3) is 0 Å². The summed E-state index contributed by atoms with van der Waals surface area (Å²) in [4.78, 5) is 2.65. The van der Waals surface area contributed by atoms with Crippen LogP contribution in [0.1, 0.15) is 65.2 Å². The van der Waals surface area contributed by atoms with E-state index in [4.69, 9.17) is 0 Å². The summed E-state index contributed by atoms with van der Waals surface area (Å²) in [7, 11) is 0. The van der Waals surface area contributed by atoms with Gasteiger partial charge in [-0.1, -0.05) is 26.7 Å². The Hall–Kier alpha value is -0.0400. The molecule has 0 spiro atoms. The van der Waals surface area contributed by atoms with E-state index in [-0.39, 0.29) is 0 Å². The molecule has 100 valence electrons. The van der Waals surface area contributed by atoms with Crippen molar-refractivity contribution in [2.24, 2.45) is 17.8 Å². The summed E-state index contributed by atoms with van der Waals surface area (Å²) in [6, 6.07) is 0. The molecule has 0 N–H and O–H groups in total. The van der Waals surface area contributed by atoms with Gasteiger partial charge in [0, 0.05) is 0 Å². The number of hydrogen-bond donors (Lipinski definition) is 0. The molecular weight excluding hydrogens is 206 g/mol. The molecule has 1 heterocycles. The summed E-state index contributed by atoms with van der Waals surface area (Å²) >= 11 is 0. The molecule has 2 fully saturated rings. The molecule has 2 rings (SSSR count). The smallest absolute Gasteiger partial charge is 0.00183 e. The summed E-state index contributed by atoms with van der Waals surface area (Å²) in [6.07, 6.45) is 11.7. The van der Waals surface area contributed by atoms with Gasteiger partial charge in [0.05, 0.1) is 0 Å². The summed E-state index contributed by atoms with van der Waals surface area (Å²) in [5, 5.41) is 0. The molecule has 1 heteroatoms. The van der Waals surface area contributed by atoms with Crippen LogP contribution in [0.3, 0.4) is 0 Å². The Morgan fingerprint density at radius 2 is 1.71 bits per heavy atom. The summed E-state index contributed by atoms with van der Waals surface area (Å²) < 4.78 is 0. The molecule has 2 aliphatic rings. The first-order chi connectivity index (χ1) is 8.25. The van der Waals surface area contributed by atoms with Crippen LogP contribution in [0.2, 0.25) is 0 Å². The minimum atomic E-state index is 0.957. The predicted molar refractivity (Wildman–Crippen MR) is 75.2 cm³/mol. The standard InChI is InChI=1S/C16H31N/c1-14(7-8-15(2)16-9-10-16)6-5-13-17-11-3-4-12-17/h14-16H,3-13H2,1-2H3. The second-order valence-corrected chi connectivity index (χ2v) is 6.69. The van der Waals surface area contributed by atoms with Crippen LogP contribution in [0.15, 0.2) is 0 Å². The predicted octanol–water partition coefficient (Wildman–Crippen LogP) is 4.32. The highest BCUT2D eigenvalue weighted by Crippen LogP contribution is 2.39. The Bertz CT molecular complexity index is 204. The minimum Gasteiger partial charge on any atom is -0.303 e. The average Bonchev–Trinajstić information content (AvgIpc) is 3.05. The Morgan fingerprint density at radius 3 is 2.35 bits per heavy atom. The molecule has 0 aromatic carbocycles. The van der Waals surface area contributed by atoms with E-state index in [9.17, 15) is 0 Å². The number of hydrogen-bond acceptors (Lipinski definition) is 1. The van der Waals surface area contributed by atoms with Crippen molar-refractivity contribution in [1.29, 1.82) is 0 Å². The second-order valence-electron chi connectivity index (χ2n) is 6.69. The molecule has 1 aliphatic heterocycles. The van der Waals surface area contributed by atoms with Crippen LogP contribution in [0.5, 0.6) is 0 Å². The van der Waals surface area contributed by atoms with Crippen LogP contribution >= 0.6 is 0 Å². The molecule has 1 saturated heterocycles. The van der Waals surface area contributed by atoms with Crippen molar-refractivity contribution in [3.8, 4) is 0 Å². The summed E-state index contributed by atoms with van der Waals surface area (Å²) in [6.45, 7) is 9.03. The van der Waals surface area contributed by atoms with E-state index < -0.39 is 0 Å². The lowest BCUT2D eigenvalue weighted by molar-refractivity contribution is 0.308. The van der Waals surface area contributed by atoms with Crippen molar-refractivity contribution in [3.05, 3.63) is 0 Å². The molecule has 1 saturated carbocycles. The molecule has 1 nitrogen and oxygen atoms in total. The van der Waals surface area contributed by atoms with Gasteiger partial charge in [0.2, 0.25) is 0 Å². The molecule has 2 unspecified atom stereocenters. The van der Waals surface area contributed by atoms with Crippen LogP contribution in [-0.2, 0) is 0 Å². The monoisotopic (exact) mass is 237 g/mol. The van der Waals surface area contributed by atoms with Gasteiger partial charge < -0.3 is 4.90 Å². The molecule has 0 bridgehead atoms. The highest BCUT2D eigenvalue weighted by molar-refractivity contribution is 4.78. The number of rotatable bonds is 8. The van der Waals surface area contributed by atoms with E-state index in [1.54, 1.807) is 0 Å². The van der Waals surface area contributed by atoms with Crippen LogP contribution in [0, 0.1) is 17.8 Å². The van der Waals surface area contributed by atoms with E-state index in [2.05, 4.69) is 18.7 Å². The Labute approximate surface area is 108 Å². The van der Waals surface area contributed by atoms with Crippen molar-refractivity contribution in [2.75, 3.05) is 19.6 Å². The van der Waals surface area contributed by atoms with Gasteiger partial charge in [-0.15, -0.1) is 0 Å². The first-order valence-corrected chi connectivity index (χ1v) is 7.98. The highest BCUT2D eigenvalue weighted by atomic mass is 15.1. The lowest BCUT2D eigenvalue weighted by Crippen LogP contribution is -2.20. The lowest BCUT2D eigenvalue weighted by atomic mass is 9.92. The van der Waals surface area contributed by atoms with Crippen molar-refractivity contribution in [1.82, 2.24) is 4.90 Å². The molecular formula is C16H31N. The van der Waals surface area contributed by atoms with Crippen LogP contribution in [0.4, 0.5) is 0 Å². The summed E-state index contributed by atoms with van der Waals surface area (Å²) in [5.41, 5.74) is 0. The third kappa shape index (κ3) is 4.99. The molecule has 0 aromatic heterocycles. The zero-order valence-electron chi connectivity index (χ0n) is 12.0. The first kappa shape index (κ1) is 13.4. The number of likely N-dealkylation sites (tertiary alicyclic amines) is 1. The van der Waals surface area contributed by atoms with E-state index in [0.29, 0.717) is 0 Å². The van der Waals surface area contributed by atoms with Gasteiger partial charge in [-0.3, -0.25) is 0 Å². The normalized spacial score (nSPS) is 25.1. The fourth-order valence-corrected chi connectivity index (χ4v) is 3.26. The largest absolute Gasteiger partial charge is 0.303 e. The molecule has 1 aliphatic carbocycles. The van der Waals surface area contributed by atoms with Crippen molar-refractivity contribution in [2.45, 2.75) is 65.2 Å². The lowest BCUT2D eigenvalue weighted by Gasteiger charge is -2.18. The topological polar surface area (TPSA) is 3.24 Å².